The molecule has 2 aromatic rings. The topological polar surface area (TPSA) is 73.6 Å². The number of aliphatic carboxylic acids is 1. The van der Waals surface area contributed by atoms with Crippen LogP contribution in [0.15, 0.2) is 45.7 Å². The lowest BCUT2D eigenvalue weighted by Gasteiger charge is -2.14. The van der Waals surface area contributed by atoms with E-state index in [1.54, 1.807) is 12.1 Å². The Balaban J connectivity index is 1.76. The number of thioether (sulfide) groups is 1. The number of carbonyl (C=O) groups is 2. The second-order valence-electron chi connectivity index (χ2n) is 5.71. The van der Waals surface area contributed by atoms with Crippen molar-refractivity contribution in [2.75, 3.05) is 6.54 Å². The number of hydrogen-bond acceptors (Lipinski definition) is 6. The smallest absolute Gasteiger partial charge is 0.266 e. The van der Waals surface area contributed by atoms with Gasteiger partial charge in [-0.05, 0) is 24.1 Å². The fraction of sp³-hybridized carbons (Fsp3) is 0.211. The number of rotatable bonds is 6. The van der Waals surface area contributed by atoms with Crippen molar-refractivity contribution in [2.45, 2.75) is 19.8 Å². The Hall–Kier alpha value is -2.38. The number of furan rings is 1. The molecule has 0 bridgehead atoms. The Bertz CT molecular complexity index is 883. The van der Waals surface area contributed by atoms with Gasteiger partial charge in [0.05, 0.1) is 4.91 Å². The summed E-state index contributed by atoms with van der Waals surface area (Å²) in [7, 11) is 0. The number of carbonyl (C=O) groups excluding carboxylic acids is 2. The SMILES string of the molecule is CCc1ccc(-c2ccc(/C=C3\SC(=S)N(CCC(=O)[O-])C3=O)o2)cc1. The van der Waals surface area contributed by atoms with E-state index in [-0.39, 0.29) is 18.9 Å². The Morgan fingerprint density at radius 3 is 2.65 bits per heavy atom. The van der Waals surface area contributed by atoms with Crippen LogP contribution in [0.4, 0.5) is 0 Å². The molecule has 7 heteroatoms. The van der Waals surface area contributed by atoms with Crippen LogP contribution >= 0.6 is 24.0 Å². The maximum absolute atomic E-state index is 12.4. The number of hydrogen-bond donors (Lipinski definition) is 0. The van der Waals surface area contributed by atoms with Crippen molar-refractivity contribution < 1.29 is 19.1 Å². The van der Waals surface area contributed by atoms with Gasteiger partial charge < -0.3 is 14.3 Å². The minimum atomic E-state index is -1.22. The molecule has 0 unspecified atom stereocenters. The first-order valence-corrected chi connectivity index (χ1v) is 9.34. The second kappa shape index (κ2) is 7.88. The van der Waals surface area contributed by atoms with E-state index in [1.165, 1.54) is 10.5 Å². The predicted octanol–water partition coefficient (Wildman–Crippen LogP) is 2.85. The van der Waals surface area contributed by atoms with E-state index >= 15 is 0 Å². The van der Waals surface area contributed by atoms with Gasteiger partial charge in [-0.1, -0.05) is 55.2 Å². The number of carboxylic acid groups (broad SMARTS) is 1. The first-order chi connectivity index (χ1) is 12.5. The van der Waals surface area contributed by atoms with Crippen molar-refractivity contribution in [1.82, 2.24) is 4.90 Å². The molecule has 3 rings (SSSR count). The minimum absolute atomic E-state index is 0.0114. The number of benzene rings is 1. The molecule has 1 aliphatic rings. The zero-order valence-corrected chi connectivity index (χ0v) is 15.7. The van der Waals surface area contributed by atoms with E-state index in [0.29, 0.717) is 20.7 Å². The Morgan fingerprint density at radius 2 is 2.00 bits per heavy atom. The van der Waals surface area contributed by atoms with Crippen LogP contribution in [0.2, 0.25) is 0 Å². The summed E-state index contributed by atoms with van der Waals surface area (Å²) in [4.78, 5) is 24.7. The van der Waals surface area contributed by atoms with Gasteiger partial charge in [-0.2, -0.15) is 0 Å². The third kappa shape index (κ3) is 4.05. The highest BCUT2D eigenvalue weighted by molar-refractivity contribution is 8.26. The van der Waals surface area contributed by atoms with Crippen molar-refractivity contribution in [3.8, 4) is 11.3 Å². The zero-order chi connectivity index (χ0) is 18.7. The van der Waals surface area contributed by atoms with E-state index in [9.17, 15) is 14.7 Å². The van der Waals surface area contributed by atoms with Crippen molar-refractivity contribution in [2.24, 2.45) is 0 Å². The van der Waals surface area contributed by atoms with E-state index in [0.717, 1.165) is 23.7 Å². The molecule has 0 atom stereocenters. The molecule has 1 aromatic carbocycles. The molecule has 1 aromatic heterocycles. The Morgan fingerprint density at radius 1 is 1.27 bits per heavy atom. The summed E-state index contributed by atoms with van der Waals surface area (Å²) in [6.45, 7) is 2.11. The number of amides is 1. The number of nitrogens with zero attached hydrogens (tertiary/aromatic N) is 1. The normalized spacial score (nSPS) is 15.9. The summed E-state index contributed by atoms with van der Waals surface area (Å²) < 4.78 is 6.15. The molecule has 26 heavy (non-hydrogen) atoms. The van der Waals surface area contributed by atoms with E-state index in [1.807, 2.05) is 18.2 Å². The molecule has 2 heterocycles. The van der Waals surface area contributed by atoms with E-state index < -0.39 is 5.97 Å². The van der Waals surface area contributed by atoms with Crippen molar-refractivity contribution in [3.63, 3.8) is 0 Å². The third-order valence-corrected chi connectivity index (χ3v) is 5.34. The number of carboxylic acids is 1. The molecule has 134 valence electrons. The first-order valence-electron chi connectivity index (χ1n) is 8.12. The molecule has 1 amide bonds. The van der Waals surface area contributed by atoms with Crippen LogP contribution in [-0.4, -0.2) is 27.6 Å². The van der Waals surface area contributed by atoms with Gasteiger partial charge in [0.15, 0.2) is 0 Å². The summed E-state index contributed by atoms with van der Waals surface area (Å²) in [5.74, 6) is -0.273. The quantitative estimate of drug-likeness (QED) is 0.561. The van der Waals surface area contributed by atoms with E-state index in [2.05, 4.69) is 19.1 Å². The van der Waals surface area contributed by atoms with E-state index in [4.69, 9.17) is 16.6 Å². The largest absolute Gasteiger partial charge is 0.550 e. The van der Waals surface area contributed by atoms with Crippen molar-refractivity contribution >= 4 is 46.3 Å². The lowest BCUT2D eigenvalue weighted by Crippen LogP contribution is -2.33. The van der Waals surface area contributed by atoms with Crippen LogP contribution in [0.5, 0.6) is 0 Å². The fourth-order valence-electron chi connectivity index (χ4n) is 2.52. The maximum atomic E-state index is 12.4. The lowest BCUT2D eigenvalue weighted by atomic mass is 10.1. The van der Waals surface area contributed by atoms with Crippen LogP contribution in [0, 0.1) is 0 Å². The molecule has 0 aliphatic carbocycles. The van der Waals surface area contributed by atoms with Gasteiger partial charge in [0.2, 0.25) is 0 Å². The fourth-order valence-corrected chi connectivity index (χ4v) is 3.80. The highest BCUT2D eigenvalue weighted by atomic mass is 32.2. The van der Waals surface area contributed by atoms with Crippen molar-refractivity contribution in [3.05, 3.63) is 52.6 Å². The Labute approximate surface area is 160 Å². The highest BCUT2D eigenvalue weighted by Crippen LogP contribution is 2.33. The molecule has 0 N–H and O–H groups in total. The molecular weight excluding hydrogens is 370 g/mol. The van der Waals surface area contributed by atoms with Gasteiger partial charge in [-0.25, -0.2) is 0 Å². The van der Waals surface area contributed by atoms with Crippen LogP contribution < -0.4 is 5.11 Å². The summed E-state index contributed by atoms with van der Waals surface area (Å²) in [6, 6.07) is 11.8. The predicted molar refractivity (Wildman–Crippen MR) is 103 cm³/mol. The van der Waals surface area contributed by atoms with Gasteiger partial charge in [0.1, 0.15) is 15.8 Å². The van der Waals surface area contributed by atoms with Crippen LogP contribution in [0.25, 0.3) is 17.4 Å². The molecular formula is C19H16NO4S2-. The molecule has 0 radical (unpaired) electrons. The summed E-state index contributed by atoms with van der Waals surface area (Å²) in [6.07, 6.45) is 2.35. The third-order valence-electron chi connectivity index (χ3n) is 3.96. The van der Waals surface area contributed by atoms with Gasteiger partial charge >= 0.3 is 0 Å². The number of aryl methyl sites for hydroxylation is 1. The van der Waals surface area contributed by atoms with Gasteiger partial charge in [0, 0.05) is 30.6 Å². The molecule has 0 spiro atoms. The zero-order valence-electron chi connectivity index (χ0n) is 14.1. The summed E-state index contributed by atoms with van der Waals surface area (Å²) >= 11 is 6.29. The summed E-state index contributed by atoms with van der Waals surface area (Å²) in [5, 5.41) is 10.6. The molecule has 1 fully saturated rings. The average molecular weight is 386 g/mol. The second-order valence-corrected chi connectivity index (χ2v) is 7.38. The van der Waals surface area contributed by atoms with Crippen LogP contribution in [-0.2, 0) is 16.0 Å². The van der Waals surface area contributed by atoms with Crippen LogP contribution in [0.3, 0.4) is 0 Å². The highest BCUT2D eigenvalue weighted by Gasteiger charge is 2.31. The molecule has 0 saturated carbocycles. The minimum Gasteiger partial charge on any atom is -0.550 e. The first kappa shape index (κ1) is 18.4. The maximum Gasteiger partial charge on any atom is 0.266 e. The lowest BCUT2D eigenvalue weighted by molar-refractivity contribution is -0.305. The van der Waals surface area contributed by atoms with Crippen LogP contribution in [0.1, 0.15) is 24.7 Å². The monoisotopic (exact) mass is 386 g/mol. The molecule has 5 nitrogen and oxygen atoms in total. The molecule has 1 aliphatic heterocycles. The van der Waals surface area contributed by atoms with Gasteiger partial charge in [0.25, 0.3) is 5.91 Å². The summed E-state index contributed by atoms with van der Waals surface area (Å²) in [5.41, 5.74) is 2.21. The number of thiocarbonyl (C=S) groups is 1. The average Bonchev–Trinajstić information content (AvgIpc) is 3.19. The van der Waals surface area contributed by atoms with Crippen molar-refractivity contribution in [1.29, 1.82) is 0 Å². The molecule has 1 saturated heterocycles. The standard InChI is InChI=1S/C19H17NO4S2/c1-2-12-3-5-13(6-4-12)15-8-7-14(24-15)11-16-18(23)20(19(25)26-16)10-9-17(21)22/h3-8,11H,2,9-10H2,1H3,(H,21,22)/p-1/b16-11-. The van der Waals surface area contributed by atoms with Gasteiger partial charge in [-0.3, -0.25) is 9.69 Å². The Kier molecular flexibility index (Phi) is 5.58. The van der Waals surface area contributed by atoms with Gasteiger partial charge in [-0.15, -0.1) is 0 Å².